The molecule has 184 valence electrons. The standard InChI is InChI=1S/C39H28/c1-25-11-13-31-21-33(17-15-29(31)19-25)39(34-18-16-30-20-26(2)12-14-32(30)22-34)37-10-6-5-9-35(37)36-23-27-7-3-4-8-28(27)24-38(36)39/h3-24H,1-2H3. The first-order valence-corrected chi connectivity index (χ1v) is 13.8. The van der Waals surface area contributed by atoms with E-state index in [-0.39, 0.29) is 0 Å². The first kappa shape index (κ1) is 22.3. The molecule has 0 amide bonds. The van der Waals surface area contributed by atoms with Crippen molar-refractivity contribution in [2.75, 3.05) is 0 Å². The van der Waals surface area contributed by atoms with Crippen molar-refractivity contribution in [3.8, 4) is 11.1 Å². The van der Waals surface area contributed by atoms with Gasteiger partial charge in [0.25, 0.3) is 0 Å². The fourth-order valence-electron chi connectivity index (χ4n) is 6.95. The van der Waals surface area contributed by atoms with Crippen molar-refractivity contribution in [3.05, 3.63) is 167 Å². The topological polar surface area (TPSA) is 0 Å². The summed E-state index contributed by atoms with van der Waals surface area (Å²) in [5.74, 6) is 0. The monoisotopic (exact) mass is 496 g/mol. The van der Waals surface area contributed by atoms with Crippen molar-refractivity contribution in [2.45, 2.75) is 19.3 Å². The van der Waals surface area contributed by atoms with Crippen LogP contribution in [0.5, 0.6) is 0 Å². The second-order valence-corrected chi connectivity index (χ2v) is 11.2. The van der Waals surface area contributed by atoms with E-state index in [1.54, 1.807) is 0 Å². The van der Waals surface area contributed by atoms with Gasteiger partial charge in [0.05, 0.1) is 5.41 Å². The lowest BCUT2D eigenvalue weighted by Gasteiger charge is -2.34. The number of fused-ring (bicyclic) bond motifs is 6. The molecule has 39 heavy (non-hydrogen) atoms. The van der Waals surface area contributed by atoms with Gasteiger partial charge in [-0.3, -0.25) is 0 Å². The quantitative estimate of drug-likeness (QED) is 0.223. The summed E-state index contributed by atoms with van der Waals surface area (Å²) in [5, 5.41) is 7.69. The van der Waals surface area contributed by atoms with Gasteiger partial charge in [0.2, 0.25) is 0 Å². The Morgan fingerprint density at radius 1 is 0.359 bits per heavy atom. The molecule has 7 aromatic carbocycles. The molecule has 0 fully saturated rings. The molecule has 0 saturated carbocycles. The van der Waals surface area contributed by atoms with Crippen molar-refractivity contribution in [2.24, 2.45) is 0 Å². The van der Waals surface area contributed by atoms with E-state index in [0.29, 0.717) is 0 Å². The molecule has 0 aromatic heterocycles. The van der Waals surface area contributed by atoms with Gasteiger partial charge < -0.3 is 0 Å². The highest BCUT2D eigenvalue weighted by molar-refractivity contribution is 5.97. The van der Waals surface area contributed by atoms with Gasteiger partial charge in [-0.2, -0.15) is 0 Å². The van der Waals surface area contributed by atoms with E-state index in [1.165, 1.54) is 76.8 Å². The Labute approximate surface area is 229 Å². The Morgan fingerprint density at radius 3 is 1.49 bits per heavy atom. The van der Waals surface area contributed by atoms with Crippen LogP contribution in [0.2, 0.25) is 0 Å². The maximum atomic E-state index is 2.45. The molecule has 0 radical (unpaired) electrons. The smallest absolute Gasteiger partial charge is 0.0619 e. The van der Waals surface area contributed by atoms with Crippen LogP contribution >= 0.6 is 0 Å². The first-order chi connectivity index (χ1) is 19.1. The summed E-state index contributed by atoms with van der Waals surface area (Å²) in [7, 11) is 0. The van der Waals surface area contributed by atoms with Crippen LogP contribution < -0.4 is 0 Å². The first-order valence-electron chi connectivity index (χ1n) is 13.8. The van der Waals surface area contributed by atoms with Gasteiger partial charge in [0.1, 0.15) is 0 Å². The largest absolute Gasteiger partial charge is 0.0714 e. The Balaban J connectivity index is 1.54. The molecule has 8 rings (SSSR count). The molecule has 0 atom stereocenters. The van der Waals surface area contributed by atoms with E-state index in [1.807, 2.05) is 0 Å². The fraction of sp³-hybridized carbons (Fsp3) is 0.0769. The summed E-state index contributed by atoms with van der Waals surface area (Å²) in [5.41, 5.74) is 10.2. The molecule has 0 unspecified atom stereocenters. The molecule has 0 nitrogen and oxygen atoms in total. The van der Waals surface area contributed by atoms with E-state index < -0.39 is 5.41 Å². The summed E-state index contributed by atoms with van der Waals surface area (Å²) < 4.78 is 0. The van der Waals surface area contributed by atoms with Gasteiger partial charge in [-0.1, -0.05) is 120 Å². The zero-order valence-electron chi connectivity index (χ0n) is 22.2. The van der Waals surface area contributed by atoms with Crippen LogP contribution in [0, 0.1) is 13.8 Å². The van der Waals surface area contributed by atoms with Crippen LogP contribution in [-0.4, -0.2) is 0 Å². The summed E-state index contributed by atoms with van der Waals surface area (Å²) in [4.78, 5) is 0. The zero-order valence-corrected chi connectivity index (χ0v) is 22.2. The maximum absolute atomic E-state index is 2.45. The number of hydrogen-bond acceptors (Lipinski definition) is 0. The summed E-state index contributed by atoms with van der Waals surface area (Å²) in [6.07, 6.45) is 0. The third-order valence-corrected chi connectivity index (χ3v) is 8.77. The van der Waals surface area contributed by atoms with Crippen LogP contribution in [0.3, 0.4) is 0 Å². The molecule has 0 heteroatoms. The highest BCUT2D eigenvalue weighted by Gasteiger charge is 2.46. The van der Waals surface area contributed by atoms with Gasteiger partial charge in [-0.25, -0.2) is 0 Å². The molecule has 0 spiro atoms. The van der Waals surface area contributed by atoms with Crippen LogP contribution in [-0.2, 0) is 5.41 Å². The summed E-state index contributed by atoms with van der Waals surface area (Å²) >= 11 is 0. The predicted octanol–water partition coefficient (Wildman–Crippen LogP) is 10.1. The molecule has 0 N–H and O–H groups in total. The van der Waals surface area contributed by atoms with Crippen molar-refractivity contribution in [1.82, 2.24) is 0 Å². The third-order valence-electron chi connectivity index (χ3n) is 8.77. The highest BCUT2D eigenvalue weighted by atomic mass is 14.5. The molecule has 7 aromatic rings. The van der Waals surface area contributed by atoms with E-state index in [4.69, 9.17) is 0 Å². The lowest BCUT2D eigenvalue weighted by molar-refractivity contribution is 0.772. The Bertz CT molecular complexity index is 2010. The van der Waals surface area contributed by atoms with Gasteiger partial charge in [0.15, 0.2) is 0 Å². The highest BCUT2D eigenvalue weighted by Crippen LogP contribution is 2.57. The number of aryl methyl sites for hydroxylation is 2. The summed E-state index contributed by atoms with van der Waals surface area (Å²) in [6, 6.07) is 50.4. The van der Waals surface area contributed by atoms with Crippen molar-refractivity contribution in [3.63, 3.8) is 0 Å². The fourth-order valence-corrected chi connectivity index (χ4v) is 6.95. The van der Waals surface area contributed by atoms with E-state index >= 15 is 0 Å². The minimum atomic E-state index is -0.423. The van der Waals surface area contributed by atoms with Crippen LogP contribution in [0.25, 0.3) is 43.4 Å². The normalized spacial score (nSPS) is 13.6. The second kappa shape index (κ2) is 8.16. The molecule has 0 bridgehead atoms. The summed E-state index contributed by atoms with van der Waals surface area (Å²) in [6.45, 7) is 4.33. The zero-order chi connectivity index (χ0) is 26.1. The Kier molecular flexibility index (Phi) is 4.67. The molecular weight excluding hydrogens is 468 g/mol. The number of benzene rings is 7. The molecule has 0 heterocycles. The molecule has 0 saturated heterocycles. The Morgan fingerprint density at radius 2 is 0.846 bits per heavy atom. The van der Waals surface area contributed by atoms with E-state index in [2.05, 4.69) is 147 Å². The average molecular weight is 497 g/mol. The van der Waals surface area contributed by atoms with Gasteiger partial charge in [-0.05, 0) is 104 Å². The van der Waals surface area contributed by atoms with E-state index in [9.17, 15) is 0 Å². The van der Waals surface area contributed by atoms with Crippen molar-refractivity contribution >= 4 is 32.3 Å². The van der Waals surface area contributed by atoms with Crippen LogP contribution in [0.4, 0.5) is 0 Å². The molecular formula is C39H28. The molecule has 1 aliphatic carbocycles. The number of rotatable bonds is 2. The maximum Gasteiger partial charge on any atom is 0.0714 e. The third kappa shape index (κ3) is 3.18. The van der Waals surface area contributed by atoms with Crippen molar-refractivity contribution < 1.29 is 0 Å². The van der Waals surface area contributed by atoms with Gasteiger partial charge in [-0.15, -0.1) is 0 Å². The van der Waals surface area contributed by atoms with Gasteiger partial charge in [0, 0.05) is 0 Å². The van der Waals surface area contributed by atoms with Gasteiger partial charge >= 0.3 is 0 Å². The number of hydrogen-bond donors (Lipinski definition) is 0. The lowest BCUT2D eigenvalue weighted by atomic mass is 9.67. The van der Waals surface area contributed by atoms with Crippen LogP contribution in [0.15, 0.2) is 133 Å². The van der Waals surface area contributed by atoms with Crippen molar-refractivity contribution in [1.29, 1.82) is 0 Å². The average Bonchev–Trinajstić information content (AvgIpc) is 3.25. The Hall–Kier alpha value is -4.68. The second-order valence-electron chi connectivity index (χ2n) is 11.2. The SMILES string of the molecule is Cc1ccc2cc(C3(c4ccc5cc(C)ccc5c4)c4ccccc4-c4cc5ccccc5cc43)ccc2c1. The molecule has 1 aliphatic rings. The minimum Gasteiger partial charge on any atom is -0.0619 e. The molecule has 0 aliphatic heterocycles. The minimum absolute atomic E-state index is 0.423. The van der Waals surface area contributed by atoms with E-state index in [0.717, 1.165) is 0 Å². The lowest BCUT2D eigenvalue weighted by Crippen LogP contribution is -2.28. The predicted molar refractivity (Wildman–Crippen MR) is 166 cm³/mol. The van der Waals surface area contributed by atoms with Crippen LogP contribution in [0.1, 0.15) is 33.4 Å².